The fourth-order valence-corrected chi connectivity index (χ4v) is 1.73. The molecule has 0 saturated heterocycles. The number of ketones is 1. The fraction of sp³-hybridized carbons (Fsp3) is 0.267. The summed E-state index contributed by atoms with van der Waals surface area (Å²) in [6.07, 6.45) is 6.47. The van der Waals surface area contributed by atoms with E-state index < -0.39 is 0 Å². The number of carbonyl (C=O) groups is 1. The first-order valence-corrected chi connectivity index (χ1v) is 6.14. The van der Waals surface area contributed by atoms with E-state index in [4.69, 9.17) is 4.74 Å². The summed E-state index contributed by atoms with van der Waals surface area (Å²) in [6, 6.07) is 3.52. The smallest absolute Gasteiger partial charge is 0.196 e. The molecule has 2 aromatic heterocycles. The van der Waals surface area contributed by atoms with Gasteiger partial charge in [-0.15, -0.1) is 0 Å². The predicted octanol–water partition coefficient (Wildman–Crippen LogP) is 2.80. The Balaban J connectivity index is 2.29. The van der Waals surface area contributed by atoms with Crippen LogP contribution in [0.25, 0.3) is 0 Å². The van der Waals surface area contributed by atoms with Gasteiger partial charge in [0.2, 0.25) is 0 Å². The summed E-state index contributed by atoms with van der Waals surface area (Å²) < 4.78 is 5.53. The number of hydrogen-bond donors (Lipinski definition) is 0. The molecule has 0 fully saturated rings. The minimum absolute atomic E-state index is 0.0489. The van der Waals surface area contributed by atoms with Crippen molar-refractivity contribution in [1.82, 2.24) is 9.97 Å². The van der Waals surface area contributed by atoms with Crippen LogP contribution in [0.2, 0.25) is 0 Å². The van der Waals surface area contributed by atoms with Gasteiger partial charge in [0, 0.05) is 29.7 Å². The summed E-state index contributed by atoms with van der Waals surface area (Å²) in [7, 11) is 0. The summed E-state index contributed by atoms with van der Waals surface area (Å²) in [5, 5.41) is 0. The second kappa shape index (κ2) is 5.61. The van der Waals surface area contributed by atoms with Crippen molar-refractivity contribution in [3.8, 4) is 5.75 Å². The number of pyridine rings is 2. The molecule has 19 heavy (non-hydrogen) atoms. The van der Waals surface area contributed by atoms with Crippen LogP contribution in [0, 0.1) is 6.92 Å². The second-order valence-corrected chi connectivity index (χ2v) is 4.66. The zero-order chi connectivity index (χ0) is 13.8. The van der Waals surface area contributed by atoms with E-state index in [1.54, 1.807) is 24.7 Å². The Labute approximate surface area is 112 Å². The highest BCUT2D eigenvalue weighted by Gasteiger charge is 2.11. The maximum atomic E-state index is 12.3. The summed E-state index contributed by atoms with van der Waals surface area (Å²) in [4.78, 5) is 20.4. The van der Waals surface area contributed by atoms with Gasteiger partial charge in [-0.05, 0) is 38.5 Å². The number of rotatable bonds is 4. The molecule has 0 aliphatic rings. The van der Waals surface area contributed by atoms with Crippen molar-refractivity contribution in [3.63, 3.8) is 0 Å². The van der Waals surface area contributed by atoms with E-state index in [0.29, 0.717) is 16.9 Å². The van der Waals surface area contributed by atoms with Gasteiger partial charge in [0.15, 0.2) is 5.78 Å². The van der Waals surface area contributed by atoms with Crippen LogP contribution >= 0.6 is 0 Å². The molecule has 0 bridgehead atoms. The Kier molecular flexibility index (Phi) is 3.90. The Bertz CT molecular complexity index is 594. The third-order valence-corrected chi connectivity index (χ3v) is 2.48. The van der Waals surface area contributed by atoms with Gasteiger partial charge in [0.05, 0.1) is 12.3 Å². The van der Waals surface area contributed by atoms with E-state index in [-0.39, 0.29) is 11.9 Å². The number of aryl methyl sites for hydroxylation is 1. The van der Waals surface area contributed by atoms with Gasteiger partial charge in [-0.2, -0.15) is 0 Å². The molecule has 2 aromatic rings. The SMILES string of the molecule is Cc1cncc(C(=O)c2cncc(OC(C)C)c2)c1. The van der Waals surface area contributed by atoms with E-state index in [0.717, 1.165) is 5.56 Å². The highest BCUT2D eigenvalue weighted by Crippen LogP contribution is 2.16. The fourth-order valence-electron chi connectivity index (χ4n) is 1.73. The molecule has 0 aliphatic carbocycles. The third kappa shape index (κ3) is 3.37. The number of nitrogens with zero attached hydrogens (tertiary/aromatic N) is 2. The van der Waals surface area contributed by atoms with Gasteiger partial charge in [0.1, 0.15) is 5.75 Å². The number of carbonyl (C=O) groups excluding carboxylic acids is 1. The van der Waals surface area contributed by atoms with Crippen LogP contribution in [0.4, 0.5) is 0 Å². The highest BCUT2D eigenvalue weighted by molar-refractivity contribution is 6.08. The predicted molar refractivity (Wildman–Crippen MR) is 72.4 cm³/mol. The average Bonchev–Trinajstić information content (AvgIpc) is 2.37. The van der Waals surface area contributed by atoms with E-state index in [1.807, 2.05) is 26.8 Å². The lowest BCUT2D eigenvalue weighted by Crippen LogP contribution is -2.08. The maximum absolute atomic E-state index is 12.3. The maximum Gasteiger partial charge on any atom is 0.196 e. The molecule has 0 spiro atoms. The molecule has 0 radical (unpaired) electrons. The van der Waals surface area contributed by atoms with Crippen LogP contribution in [0.3, 0.4) is 0 Å². The van der Waals surface area contributed by atoms with Gasteiger partial charge in [-0.3, -0.25) is 14.8 Å². The summed E-state index contributed by atoms with van der Waals surface area (Å²) >= 11 is 0. The second-order valence-electron chi connectivity index (χ2n) is 4.66. The van der Waals surface area contributed by atoms with Crippen LogP contribution in [0.15, 0.2) is 36.9 Å². The molecule has 0 unspecified atom stereocenters. The van der Waals surface area contributed by atoms with E-state index in [9.17, 15) is 4.79 Å². The van der Waals surface area contributed by atoms with E-state index >= 15 is 0 Å². The number of hydrogen-bond acceptors (Lipinski definition) is 4. The largest absolute Gasteiger partial charge is 0.489 e. The van der Waals surface area contributed by atoms with Crippen molar-refractivity contribution >= 4 is 5.78 Å². The third-order valence-electron chi connectivity index (χ3n) is 2.48. The molecule has 0 saturated carbocycles. The van der Waals surface area contributed by atoms with Gasteiger partial charge >= 0.3 is 0 Å². The number of ether oxygens (including phenoxy) is 1. The molecule has 0 amide bonds. The van der Waals surface area contributed by atoms with Crippen molar-refractivity contribution in [1.29, 1.82) is 0 Å². The first-order valence-electron chi connectivity index (χ1n) is 6.14. The monoisotopic (exact) mass is 256 g/mol. The molecular formula is C15H16N2O2. The quantitative estimate of drug-likeness (QED) is 0.789. The Hall–Kier alpha value is -2.23. The summed E-state index contributed by atoms with van der Waals surface area (Å²) in [5.41, 5.74) is 2.02. The Morgan fingerprint density at radius 2 is 1.68 bits per heavy atom. The average molecular weight is 256 g/mol. The van der Waals surface area contributed by atoms with Crippen molar-refractivity contribution < 1.29 is 9.53 Å². The van der Waals surface area contributed by atoms with Crippen LogP contribution in [0.5, 0.6) is 5.75 Å². The van der Waals surface area contributed by atoms with Crippen molar-refractivity contribution in [2.24, 2.45) is 0 Å². The van der Waals surface area contributed by atoms with E-state index in [2.05, 4.69) is 9.97 Å². The Morgan fingerprint density at radius 3 is 2.32 bits per heavy atom. The molecular weight excluding hydrogens is 240 g/mol. The Morgan fingerprint density at radius 1 is 1.05 bits per heavy atom. The first-order chi connectivity index (χ1) is 9.06. The van der Waals surface area contributed by atoms with Crippen LogP contribution < -0.4 is 4.74 Å². The molecule has 0 atom stereocenters. The van der Waals surface area contributed by atoms with Gasteiger partial charge in [0.25, 0.3) is 0 Å². The van der Waals surface area contributed by atoms with Crippen LogP contribution in [0.1, 0.15) is 35.3 Å². The molecule has 2 heterocycles. The lowest BCUT2D eigenvalue weighted by Gasteiger charge is -2.10. The minimum Gasteiger partial charge on any atom is -0.489 e. The zero-order valence-electron chi connectivity index (χ0n) is 11.3. The molecule has 2 rings (SSSR count). The normalized spacial score (nSPS) is 10.5. The highest BCUT2D eigenvalue weighted by atomic mass is 16.5. The molecule has 0 N–H and O–H groups in total. The lowest BCUT2D eigenvalue weighted by atomic mass is 10.1. The van der Waals surface area contributed by atoms with Crippen LogP contribution in [-0.2, 0) is 0 Å². The topological polar surface area (TPSA) is 52.1 Å². The summed E-state index contributed by atoms with van der Waals surface area (Å²) in [6.45, 7) is 5.76. The molecule has 0 aromatic carbocycles. The van der Waals surface area contributed by atoms with Crippen molar-refractivity contribution in [2.75, 3.05) is 0 Å². The van der Waals surface area contributed by atoms with Crippen molar-refractivity contribution in [3.05, 3.63) is 53.6 Å². The molecule has 4 nitrogen and oxygen atoms in total. The standard InChI is InChI=1S/C15H16N2O2/c1-10(2)19-14-5-13(8-17-9-14)15(18)12-4-11(3)6-16-7-12/h4-10H,1-3H3. The van der Waals surface area contributed by atoms with Crippen molar-refractivity contribution in [2.45, 2.75) is 26.9 Å². The molecule has 0 aliphatic heterocycles. The molecule has 4 heteroatoms. The number of aromatic nitrogens is 2. The first kappa shape index (κ1) is 13.2. The lowest BCUT2D eigenvalue weighted by molar-refractivity contribution is 0.103. The minimum atomic E-state index is -0.0992. The molecule has 98 valence electrons. The van der Waals surface area contributed by atoms with Gasteiger partial charge in [-0.25, -0.2) is 0 Å². The van der Waals surface area contributed by atoms with Gasteiger partial charge in [-0.1, -0.05) is 0 Å². The van der Waals surface area contributed by atoms with Crippen LogP contribution in [-0.4, -0.2) is 21.9 Å². The van der Waals surface area contributed by atoms with Gasteiger partial charge < -0.3 is 4.74 Å². The zero-order valence-corrected chi connectivity index (χ0v) is 11.3. The summed E-state index contributed by atoms with van der Waals surface area (Å²) in [5.74, 6) is 0.499. The van der Waals surface area contributed by atoms with E-state index in [1.165, 1.54) is 6.20 Å².